The molecule has 0 radical (unpaired) electrons. The molecule has 2 aromatic rings. The lowest BCUT2D eigenvalue weighted by atomic mass is 10.1. The molecule has 9 nitrogen and oxygen atoms in total. The quantitative estimate of drug-likeness (QED) is 0.361. The van der Waals surface area contributed by atoms with Gasteiger partial charge in [0.05, 0.1) is 9.77 Å². The minimum absolute atomic E-state index is 0.0173. The van der Waals surface area contributed by atoms with E-state index in [1.54, 1.807) is 0 Å². The Morgan fingerprint density at radius 1 is 1.23 bits per heavy atom. The summed E-state index contributed by atoms with van der Waals surface area (Å²) in [7, 11) is -3.36. The van der Waals surface area contributed by atoms with Gasteiger partial charge in [0.2, 0.25) is 0 Å². The molecule has 1 aliphatic rings. The number of sulfone groups is 1. The van der Waals surface area contributed by atoms with Gasteiger partial charge in [-0.3, -0.25) is 14.9 Å². The monoisotopic (exact) mass is 465 g/mol. The van der Waals surface area contributed by atoms with E-state index >= 15 is 0 Å². The number of amides is 1. The number of aromatic nitrogens is 1. The number of anilines is 1. The Morgan fingerprint density at radius 2 is 1.90 bits per heavy atom. The van der Waals surface area contributed by atoms with Crippen LogP contribution >= 0.6 is 11.3 Å². The first-order chi connectivity index (χ1) is 14.7. The van der Waals surface area contributed by atoms with Crippen LogP contribution in [-0.2, 0) is 35.6 Å². The third-order valence-corrected chi connectivity index (χ3v) is 6.57. The summed E-state index contributed by atoms with van der Waals surface area (Å²) in [5.74, 6) is -0.950. The average molecular weight is 466 g/mol. The van der Waals surface area contributed by atoms with E-state index in [1.807, 2.05) is 0 Å². The van der Waals surface area contributed by atoms with Gasteiger partial charge in [-0.05, 0) is 37.8 Å². The number of oxime groups is 1. The van der Waals surface area contributed by atoms with Crippen LogP contribution < -0.4 is 5.32 Å². The maximum absolute atomic E-state index is 12.9. The summed E-state index contributed by atoms with van der Waals surface area (Å²) in [5.41, 5.74) is 0.434. The lowest BCUT2D eigenvalue weighted by Crippen LogP contribution is -2.25. The van der Waals surface area contributed by atoms with Gasteiger partial charge in [0.1, 0.15) is 12.7 Å². The lowest BCUT2D eigenvalue weighted by Gasteiger charge is -2.10. The van der Waals surface area contributed by atoms with Gasteiger partial charge in [0.25, 0.3) is 5.91 Å². The fraction of sp³-hybridized carbons (Fsp3) is 0.400. The van der Waals surface area contributed by atoms with Crippen molar-refractivity contribution in [1.29, 1.82) is 0 Å². The van der Waals surface area contributed by atoms with Crippen LogP contribution in [0.3, 0.4) is 0 Å². The van der Waals surface area contributed by atoms with E-state index < -0.39 is 21.7 Å². The Morgan fingerprint density at radius 3 is 2.52 bits per heavy atom. The van der Waals surface area contributed by atoms with Crippen LogP contribution in [0.4, 0.5) is 5.13 Å². The highest BCUT2D eigenvalue weighted by Gasteiger charge is 2.21. The molecule has 3 rings (SSSR count). The molecule has 0 aliphatic heterocycles. The van der Waals surface area contributed by atoms with Gasteiger partial charge in [-0.25, -0.2) is 13.4 Å². The van der Waals surface area contributed by atoms with Gasteiger partial charge in [0, 0.05) is 24.9 Å². The number of nitrogens with one attached hydrogen (secondary N) is 1. The van der Waals surface area contributed by atoms with Crippen molar-refractivity contribution in [3.63, 3.8) is 0 Å². The summed E-state index contributed by atoms with van der Waals surface area (Å²) >= 11 is 1.17. The number of carbonyl (C=O) groups excluding carboxylic acids is 2. The molecule has 31 heavy (non-hydrogen) atoms. The second-order valence-corrected chi connectivity index (χ2v) is 10.2. The Labute approximate surface area is 184 Å². The topological polar surface area (TPSA) is 124 Å². The molecule has 1 aromatic heterocycles. The Hall–Kier alpha value is -2.79. The molecule has 1 aromatic carbocycles. The highest BCUT2D eigenvalue weighted by Crippen LogP contribution is 2.22. The lowest BCUT2D eigenvalue weighted by molar-refractivity contribution is -0.142. The minimum Gasteiger partial charge on any atom is -0.460 e. The molecule has 1 fully saturated rings. The number of benzene rings is 1. The van der Waals surface area contributed by atoms with Crippen molar-refractivity contribution in [1.82, 2.24) is 4.98 Å². The van der Waals surface area contributed by atoms with E-state index in [0.717, 1.165) is 31.9 Å². The molecule has 1 amide bonds. The second-order valence-electron chi connectivity index (χ2n) is 7.11. The Kier molecular flexibility index (Phi) is 7.39. The van der Waals surface area contributed by atoms with Gasteiger partial charge in [-0.15, -0.1) is 0 Å². The number of esters is 1. The van der Waals surface area contributed by atoms with E-state index in [-0.39, 0.29) is 23.3 Å². The summed E-state index contributed by atoms with van der Waals surface area (Å²) in [6.07, 6.45) is 6.42. The summed E-state index contributed by atoms with van der Waals surface area (Å²) in [4.78, 5) is 34.4. The maximum Gasteiger partial charge on any atom is 0.302 e. The highest BCUT2D eigenvalue weighted by atomic mass is 32.2. The molecule has 1 aliphatic carbocycles. The molecular formula is C20H23N3O6S2. The van der Waals surface area contributed by atoms with Crippen LogP contribution in [0, 0.1) is 0 Å². The SMILES string of the molecule is CC(=O)OCc1cnc(NC(=O)C(=NOC2CCCC2)c2ccc(S(C)(=O)=O)cc2)s1. The predicted octanol–water partition coefficient (Wildman–Crippen LogP) is 2.91. The predicted molar refractivity (Wildman–Crippen MR) is 116 cm³/mol. The smallest absolute Gasteiger partial charge is 0.302 e. The number of thiazole rings is 1. The molecule has 0 saturated heterocycles. The van der Waals surface area contributed by atoms with Crippen molar-refractivity contribution in [3.05, 3.63) is 40.9 Å². The zero-order chi connectivity index (χ0) is 22.4. The highest BCUT2D eigenvalue weighted by molar-refractivity contribution is 7.90. The summed E-state index contributed by atoms with van der Waals surface area (Å²) in [6.45, 7) is 1.38. The first kappa shape index (κ1) is 22.9. The molecule has 1 saturated carbocycles. The number of hydrogen-bond donors (Lipinski definition) is 1. The zero-order valence-corrected chi connectivity index (χ0v) is 18.8. The summed E-state index contributed by atoms with van der Waals surface area (Å²) in [5, 5.41) is 7.07. The molecule has 0 spiro atoms. The van der Waals surface area contributed by atoms with Crippen LogP contribution in [0.2, 0.25) is 0 Å². The van der Waals surface area contributed by atoms with Crippen molar-refractivity contribution in [3.8, 4) is 0 Å². The van der Waals surface area contributed by atoms with Crippen LogP contribution in [0.5, 0.6) is 0 Å². The number of nitrogens with zero attached hydrogens (tertiary/aromatic N) is 2. The largest absolute Gasteiger partial charge is 0.460 e. The normalized spacial score (nSPS) is 15.0. The van der Waals surface area contributed by atoms with Gasteiger partial charge in [-0.2, -0.15) is 0 Å². The third kappa shape index (κ3) is 6.59. The van der Waals surface area contributed by atoms with Gasteiger partial charge >= 0.3 is 5.97 Å². The standard InChI is InChI=1S/C20H23N3O6S2/c1-13(24)28-12-16-11-21-20(30-16)22-19(25)18(23-29-15-5-3-4-6-15)14-7-9-17(10-8-14)31(2,26)27/h7-11,15H,3-6,12H2,1-2H3,(H,21,22,25). The molecule has 11 heteroatoms. The Bertz CT molecular complexity index is 1070. The summed E-state index contributed by atoms with van der Waals surface area (Å²) in [6, 6.07) is 5.87. The molecule has 0 unspecified atom stereocenters. The Balaban J connectivity index is 1.79. The molecule has 1 N–H and O–H groups in total. The maximum atomic E-state index is 12.9. The fourth-order valence-electron chi connectivity index (χ4n) is 2.97. The number of carbonyl (C=O) groups is 2. The van der Waals surface area contributed by atoms with Crippen molar-refractivity contribution >= 4 is 43.9 Å². The van der Waals surface area contributed by atoms with Crippen LogP contribution in [0.1, 0.15) is 43.0 Å². The fourth-order valence-corrected chi connectivity index (χ4v) is 4.32. The zero-order valence-electron chi connectivity index (χ0n) is 17.2. The van der Waals surface area contributed by atoms with Crippen molar-refractivity contribution in [2.45, 2.75) is 50.2 Å². The first-order valence-electron chi connectivity index (χ1n) is 9.66. The van der Waals surface area contributed by atoms with E-state index in [1.165, 1.54) is 48.7 Å². The number of hydrogen-bond acceptors (Lipinski definition) is 9. The third-order valence-electron chi connectivity index (χ3n) is 4.56. The number of ether oxygens (including phenoxy) is 1. The van der Waals surface area contributed by atoms with E-state index in [9.17, 15) is 18.0 Å². The van der Waals surface area contributed by atoms with Crippen molar-refractivity contribution < 1.29 is 27.6 Å². The van der Waals surface area contributed by atoms with Crippen molar-refractivity contribution in [2.24, 2.45) is 5.16 Å². The van der Waals surface area contributed by atoms with Gasteiger partial charge < -0.3 is 9.57 Å². The minimum atomic E-state index is -3.36. The molecule has 0 bridgehead atoms. The number of rotatable bonds is 8. The summed E-state index contributed by atoms with van der Waals surface area (Å²) < 4.78 is 28.4. The average Bonchev–Trinajstić information content (AvgIpc) is 3.38. The molecule has 0 atom stereocenters. The molecular weight excluding hydrogens is 442 g/mol. The van der Waals surface area contributed by atoms with Crippen LogP contribution in [0.25, 0.3) is 0 Å². The van der Waals surface area contributed by atoms with Crippen LogP contribution in [-0.4, -0.2) is 43.3 Å². The van der Waals surface area contributed by atoms with Gasteiger partial charge in [-0.1, -0.05) is 28.6 Å². The van der Waals surface area contributed by atoms with Crippen molar-refractivity contribution in [2.75, 3.05) is 11.6 Å². The first-order valence-corrected chi connectivity index (χ1v) is 12.4. The van der Waals surface area contributed by atoms with Crippen LogP contribution in [0.15, 0.2) is 40.5 Å². The van der Waals surface area contributed by atoms with E-state index in [0.29, 0.717) is 15.6 Å². The molecule has 1 heterocycles. The molecule has 166 valence electrons. The second kappa shape index (κ2) is 10.0. The van der Waals surface area contributed by atoms with E-state index in [2.05, 4.69) is 15.5 Å². The van der Waals surface area contributed by atoms with E-state index in [4.69, 9.17) is 9.57 Å². The van der Waals surface area contributed by atoms with Gasteiger partial charge in [0.15, 0.2) is 20.7 Å².